The van der Waals surface area contributed by atoms with Crippen molar-refractivity contribution in [1.29, 1.82) is 0 Å². The molecule has 3 nitrogen and oxygen atoms in total. The minimum absolute atomic E-state index is 0.00836. The van der Waals surface area contributed by atoms with Crippen molar-refractivity contribution in [2.24, 2.45) is 0 Å². The molecule has 1 spiro atoms. The molecule has 100 valence electrons. The number of nitrogens with one attached hydrogen (secondary N) is 1. The van der Waals surface area contributed by atoms with E-state index in [9.17, 15) is 4.79 Å². The lowest BCUT2D eigenvalue weighted by Crippen LogP contribution is -2.44. The first-order chi connectivity index (χ1) is 9.71. The second-order valence-electron chi connectivity index (χ2n) is 5.50. The largest absolute Gasteiger partial charge is 0.493 e. The molecule has 1 atom stereocenters. The van der Waals surface area contributed by atoms with Crippen molar-refractivity contribution in [3.8, 4) is 5.75 Å². The number of hydrogen-bond donors (Lipinski definition) is 1. The Labute approximate surface area is 117 Å². The van der Waals surface area contributed by atoms with Crippen LogP contribution in [-0.4, -0.2) is 12.5 Å². The van der Waals surface area contributed by atoms with Gasteiger partial charge in [0.1, 0.15) is 5.75 Å². The smallest absolute Gasteiger partial charge is 0.252 e. The quantitative estimate of drug-likeness (QED) is 0.795. The van der Waals surface area contributed by atoms with Crippen LogP contribution in [0.1, 0.15) is 33.5 Å². The Morgan fingerprint density at radius 1 is 1.15 bits per heavy atom. The summed E-state index contributed by atoms with van der Waals surface area (Å²) in [6.07, 6.45) is 0.770. The fraction of sp³-hybridized carbons (Fsp3) is 0.235. The highest BCUT2D eigenvalue weighted by molar-refractivity contribution is 6.01. The zero-order chi connectivity index (χ0) is 13.7. The topological polar surface area (TPSA) is 38.3 Å². The van der Waals surface area contributed by atoms with Crippen molar-refractivity contribution in [1.82, 2.24) is 5.32 Å². The Kier molecular flexibility index (Phi) is 2.22. The summed E-state index contributed by atoms with van der Waals surface area (Å²) in [6, 6.07) is 14.0. The lowest BCUT2D eigenvalue weighted by atomic mass is 9.79. The zero-order valence-electron chi connectivity index (χ0n) is 11.3. The van der Waals surface area contributed by atoms with Crippen molar-refractivity contribution in [2.45, 2.75) is 18.9 Å². The summed E-state index contributed by atoms with van der Waals surface area (Å²) in [6.45, 7) is 2.66. The van der Waals surface area contributed by atoms with Gasteiger partial charge < -0.3 is 10.1 Å². The third-order valence-corrected chi connectivity index (χ3v) is 4.29. The molecule has 0 aromatic heterocycles. The Hall–Kier alpha value is -2.29. The number of aryl methyl sites for hydroxylation is 1. The van der Waals surface area contributed by atoms with Crippen LogP contribution >= 0.6 is 0 Å². The molecule has 0 fully saturated rings. The third-order valence-electron chi connectivity index (χ3n) is 4.29. The number of carbonyl (C=O) groups is 1. The number of amides is 1. The minimum Gasteiger partial charge on any atom is -0.493 e. The average Bonchev–Trinajstić information content (AvgIpc) is 2.73. The van der Waals surface area contributed by atoms with Crippen LogP contribution < -0.4 is 10.1 Å². The molecule has 4 rings (SSSR count). The lowest BCUT2D eigenvalue weighted by molar-refractivity contribution is 0.0923. The molecular formula is C17H15NO2. The van der Waals surface area contributed by atoms with Crippen molar-refractivity contribution < 1.29 is 9.53 Å². The fourth-order valence-corrected chi connectivity index (χ4v) is 3.34. The van der Waals surface area contributed by atoms with Crippen molar-refractivity contribution >= 4 is 5.91 Å². The number of fused-ring (bicyclic) bond motifs is 4. The molecule has 0 saturated carbocycles. The molecule has 1 N–H and O–H groups in total. The van der Waals surface area contributed by atoms with Gasteiger partial charge in [0, 0.05) is 17.5 Å². The van der Waals surface area contributed by atoms with Gasteiger partial charge in [-0.15, -0.1) is 0 Å². The van der Waals surface area contributed by atoms with Crippen molar-refractivity contribution in [2.75, 3.05) is 6.61 Å². The van der Waals surface area contributed by atoms with E-state index < -0.39 is 5.54 Å². The zero-order valence-corrected chi connectivity index (χ0v) is 11.3. The van der Waals surface area contributed by atoms with Crippen LogP contribution in [0.15, 0.2) is 42.5 Å². The minimum atomic E-state index is -0.422. The van der Waals surface area contributed by atoms with E-state index in [1.54, 1.807) is 0 Å². The highest BCUT2D eigenvalue weighted by atomic mass is 16.5. The second kappa shape index (κ2) is 3.85. The van der Waals surface area contributed by atoms with E-state index in [1.165, 1.54) is 5.56 Å². The molecule has 0 bridgehead atoms. The molecule has 2 heterocycles. The van der Waals surface area contributed by atoms with Crippen LogP contribution in [-0.2, 0) is 5.54 Å². The predicted octanol–water partition coefficient (Wildman–Crippen LogP) is 2.76. The van der Waals surface area contributed by atoms with Gasteiger partial charge in [-0.25, -0.2) is 0 Å². The summed E-state index contributed by atoms with van der Waals surface area (Å²) < 4.78 is 5.79. The first kappa shape index (κ1) is 11.5. The Morgan fingerprint density at radius 3 is 2.90 bits per heavy atom. The molecule has 2 aliphatic heterocycles. The van der Waals surface area contributed by atoms with Gasteiger partial charge in [-0.1, -0.05) is 30.3 Å². The van der Waals surface area contributed by atoms with Crippen LogP contribution in [0.5, 0.6) is 5.75 Å². The molecule has 0 radical (unpaired) electrons. The van der Waals surface area contributed by atoms with Gasteiger partial charge in [0.15, 0.2) is 0 Å². The SMILES string of the molecule is Cc1ccc2c(c1)OCCC21NC(=O)c2ccccc21. The first-order valence-electron chi connectivity index (χ1n) is 6.87. The van der Waals surface area contributed by atoms with Gasteiger partial charge in [0.2, 0.25) is 0 Å². The van der Waals surface area contributed by atoms with Gasteiger partial charge in [0.05, 0.1) is 12.1 Å². The Balaban J connectivity index is 1.99. The molecular weight excluding hydrogens is 250 g/mol. The van der Waals surface area contributed by atoms with Crippen LogP contribution in [0.4, 0.5) is 0 Å². The predicted molar refractivity (Wildman–Crippen MR) is 76.0 cm³/mol. The van der Waals surface area contributed by atoms with E-state index in [1.807, 2.05) is 37.3 Å². The summed E-state index contributed by atoms with van der Waals surface area (Å²) in [5, 5.41) is 3.19. The summed E-state index contributed by atoms with van der Waals surface area (Å²) in [5.74, 6) is 0.891. The molecule has 20 heavy (non-hydrogen) atoms. The molecule has 1 unspecified atom stereocenters. The van der Waals surface area contributed by atoms with E-state index in [2.05, 4.69) is 17.4 Å². The van der Waals surface area contributed by atoms with Crippen LogP contribution in [0.25, 0.3) is 0 Å². The Morgan fingerprint density at radius 2 is 2.00 bits per heavy atom. The summed E-state index contributed by atoms with van der Waals surface area (Å²) >= 11 is 0. The number of carbonyl (C=O) groups excluding carboxylic acids is 1. The van der Waals surface area contributed by atoms with E-state index in [4.69, 9.17) is 4.74 Å². The van der Waals surface area contributed by atoms with E-state index in [-0.39, 0.29) is 5.91 Å². The monoisotopic (exact) mass is 265 g/mol. The summed E-state index contributed by atoms with van der Waals surface area (Å²) in [5.41, 5.74) is 3.65. The maximum Gasteiger partial charge on any atom is 0.252 e. The number of benzene rings is 2. The van der Waals surface area contributed by atoms with Gasteiger partial charge in [0.25, 0.3) is 5.91 Å². The third kappa shape index (κ3) is 1.38. The highest BCUT2D eigenvalue weighted by Gasteiger charge is 2.47. The average molecular weight is 265 g/mol. The van der Waals surface area contributed by atoms with E-state index in [0.717, 1.165) is 28.9 Å². The maximum absolute atomic E-state index is 12.3. The normalized spacial score (nSPS) is 22.9. The molecule has 0 aliphatic carbocycles. The molecule has 2 aliphatic rings. The van der Waals surface area contributed by atoms with Crippen LogP contribution in [0.3, 0.4) is 0 Å². The lowest BCUT2D eigenvalue weighted by Gasteiger charge is -2.36. The maximum atomic E-state index is 12.3. The van der Waals surface area contributed by atoms with Gasteiger partial charge in [-0.3, -0.25) is 4.79 Å². The number of ether oxygens (including phenoxy) is 1. The molecule has 3 heteroatoms. The fourth-order valence-electron chi connectivity index (χ4n) is 3.34. The van der Waals surface area contributed by atoms with E-state index in [0.29, 0.717) is 6.61 Å². The number of hydrogen-bond acceptors (Lipinski definition) is 2. The molecule has 1 amide bonds. The first-order valence-corrected chi connectivity index (χ1v) is 6.87. The second-order valence-corrected chi connectivity index (χ2v) is 5.50. The van der Waals surface area contributed by atoms with Gasteiger partial charge in [-0.05, 0) is 30.2 Å². The van der Waals surface area contributed by atoms with Crippen molar-refractivity contribution in [3.63, 3.8) is 0 Å². The molecule has 2 aromatic carbocycles. The summed E-state index contributed by atoms with van der Waals surface area (Å²) in [7, 11) is 0. The molecule has 0 saturated heterocycles. The standard InChI is InChI=1S/C17H15NO2/c1-11-6-7-14-15(10-11)20-9-8-17(14)13-5-3-2-4-12(13)16(19)18-17/h2-7,10H,8-9H2,1H3,(H,18,19). The van der Waals surface area contributed by atoms with E-state index >= 15 is 0 Å². The van der Waals surface area contributed by atoms with Gasteiger partial charge in [-0.2, -0.15) is 0 Å². The van der Waals surface area contributed by atoms with Crippen LogP contribution in [0.2, 0.25) is 0 Å². The Bertz CT molecular complexity index is 723. The van der Waals surface area contributed by atoms with Gasteiger partial charge >= 0.3 is 0 Å². The van der Waals surface area contributed by atoms with Crippen molar-refractivity contribution in [3.05, 3.63) is 64.7 Å². The van der Waals surface area contributed by atoms with Crippen LogP contribution in [0, 0.1) is 6.92 Å². The molecule has 2 aromatic rings. The highest BCUT2D eigenvalue weighted by Crippen LogP contribution is 2.46. The summed E-state index contributed by atoms with van der Waals surface area (Å²) in [4.78, 5) is 12.3. The number of rotatable bonds is 0.